The summed E-state index contributed by atoms with van der Waals surface area (Å²) in [5, 5.41) is 9.34. The quantitative estimate of drug-likeness (QED) is 0.876. The van der Waals surface area contributed by atoms with Crippen LogP contribution < -0.4 is 15.4 Å². The van der Waals surface area contributed by atoms with Crippen LogP contribution in [0.15, 0.2) is 22.7 Å². The summed E-state index contributed by atoms with van der Waals surface area (Å²) in [5.74, 6) is 0.552. The fourth-order valence-electron chi connectivity index (χ4n) is 2.32. The van der Waals surface area contributed by atoms with Crippen LogP contribution in [-0.4, -0.2) is 24.1 Å². The highest BCUT2D eigenvalue weighted by molar-refractivity contribution is 6.06. The molecule has 1 heterocycles. The van der Waals surface area contributed by atoms with E-state index in [0.717, 1.165) is 0 Å². The number of amides is 2. The van der Waals surface area contributed by atoms with E-state index in [9.17, 15) is 9.59 Å². The zero-order valence-corrected chi connectivity index (χ0v) is 14.4. The van der Waals surface area contributed by atoms with Crippen LogP contribution in [0.3, 0.4) is 0 Å². The number of ether oxygens (including phenoxy) is 1. The molecule has 0 radical (unpaired) electrons. The number of aromatic nitrogens is 1. The van der Waals surface area contributed by atoms with Crippen LogP contribution in [0.1, 0.15) is 48.5 Å². The number of hydrogen-bond donors (Lipinski definition) is 2. The third-order valence-corrected chi connectivity index (χ3v) is 3.41. The number of methoxy groups -OCH3 is 1. The Kier molecular flexibility index (Phi) is 5.23. The lowest BCUT2D eigenvalue weighted by atomic mass is 10.0. The Hall–Kier alpha value is -2.83. The molecule has 0 saturated heterocycles. The van der Waals surface area contributed by atoms with Crippen molar-refractivity contribution in [3.05, 3.63) is 35.2 Å². The van der Waals surface area contributed by atoms with Gasteiger partial charge in [0.2, 0.25) is 5.91 Å². The van der Waals surface area contributed by atoms with Gasteiger partial charge >= 0.3 is 0 Å². The van der Waals surface area contributed by atoms with E-state index in [-0.39, 0.29) is 17.7 Å². The van der Waals surface area contributed by atoms with Crippen LogP contribution in [0.2, 0.25) is 0 Å². The maximum atomic E-state index is 12.6. The molecule has 0 unspecified atom stereocenters. The van der Waals surface area contributed by atoms with Crippen molar-refractivity contribution in [2.24, 2.45) is 0 Å². The van der Waals surface area contributed by atoms with E-state index in [1.165, 1.54) is 14.0 Å². The summed E-state index contributed by atoms with van der Waals surface area (Å²) in [6.07, 6.45) is 0. The van der Waals surface area contributed by atoms with Crippen LogP contribution in [-0.2, 0) is 4.79 Å². The van der Waals surface area contributed by atoms with Crippen molar-refractivity contribution in [2.75, 3.05) is 17.7 Å². The maximum Gasteiger partial charge on any atom is 0.261 e. The fraction of sp³-hybridized carbons (Fsp3) is 0.353. The molecular formula is C17H21N3O4. The number of anilines is 2. The fourth-order valence-corrected chi connectivity index (χ4v) is 2.32. The van der Waals surface area contributed by atoms with E-state index in [1.54, 1.807) is 25.1 Å². The Labute approximate surface area is 140 Å². The number of carbonyl (C=O) groups excluding carboxylic acids is 2. The summed E-state index contributed by atoms with van der Waals surface area (Å²) >= 11 is 0. The summed E-state index contributed by atoms with van der Waals surface area (Å²) in [5.41, 5.74) is 1.97. The molecule has 0 aliphatic carbocycles. The van der Waals surface area contributed by atoms with E-state index in [4.69, 9.17) is 9.26 Å². The average molecular weight is 331 g/mol. The first kappa shape index (κ1) is 17.5. The topological polar surface area (TPSA) is 93.5 Å². The van der Waals surface area contributed by atoms with Crippen molar-refractivity contribution in [3.63, 3.8) is 0 Å². The van der Waals surface area contributed by atoms with Crippen molar-refractivity contribution >= 4 is 23.2 Å². The predicted molar refractivity (Wildman–Crippen MR) is 90.6 cm³/mol. The Balaban J connectivity index is 2.29. The van der Waals surface area contributed by atoms with E-state index in [0.29, 0.717) is 34.1 Å². The molecule has 24 heavy (non-hydrogen) atoms. The third-order valence-electron chi connectivity index (χ3n) is 3.41. The second-order valence-corrected chi connectivity index (χ2v) is 5.71. The van der Waals surface area contributed by atoms with Gasteiger partial charge in [0.25, 0.3) is 5.91 Å². The standard InChI is InChI=1S/C17H21N3O4/c1-9(2)16-15(10(3)20-24-16)17(22)19-12-6-7-14(23-5)13(8-12)18-11(4)21/h6-9H,1-5H3,(H,18,21)(H,19,22). The van der Waals surface area contributed by atoms with Crippen molar-refractivity contribution in [1.29, 1.82) is 0 Å². The Morgan fingerprint density at radius 3 is 2.54 bits per heavy atom. The number of rotatable bonds is 5. The molecule has 7 heteroatoms. The first-order chi connectivity index (χ1) is 11.3. The molecule has 1 aromatic carbocycles. The van der Waals surface area contributed by atoms with Gasteiger partial charge in [-0.3, -0.25) is 9.59 Å². The smallest absolute Gasteiger partial charge is 0.261 e. The average Bonchev–Trinajstić information content (AvgIpc) is 2.89. The van der Waals surface area contributed by atoms with E-state index in [2.05, 4.69) is 15.8 Å². The van der Waals surface area contributed by atoms with Gasteiger partial charge in [-0.1, -0.05) is 19.0 Å². The van der Waals surface area contributed by atoms with Gasteiger partial charge in [-0.2, -0.15) is 0 Å². The van der Waals surface area contributed by atoms with Crippen LogP contribution in [0.25, 0.3) is 0 Å². The van der Waals surface area contributed by atoms with Crippen LogP contribution in [0, 0.1) is 6.92 Å². The molecule has 2 N–H and O–H groups in total. The van der Waals surface area contributed by atoms with Gasteiger partial charge in [-0.05, 0) is 25.1 Å². The minimum atomic E-state index is -0.309. The molecular weight excluding hydrogens is 310 g/mol. The summed E-state index contributed by atoms with van der Waals surface area (Å²) in [6, 6.07) is 5.00. The van der Waals surface area contributed by atoms with Crippen molar-refractivity contribution in [1.82, 2.24) is 5.16 Å². The van der Waals surface area contributed by atoms with Crippen molar-refractivity contribution in [2.45, 2.75) is 33.6 Å². The highest BCUT2D eigenvalue weighted by Gasteiger charge is 2.22. The number of carbonyl (C=O) groups is 2. The SMILES string of the molecule is COc1ccc(NC(=O)c2c(C)noc2C(C)C)cc1NC(C)=O. The minimum absolute atomic E-state index is 0.0396. The van der Waals surface area contributed by atoms with Crippen LogP contribution >= 0.6 is 0 Å². The molecule has 0 saturated carbocycles. The highest BCUT2D eigenvalue weighted by atomic mass is 16.5. The molecule has 2 aromatic rings. The van der Waals surface area contributed by atoms with Crippen LogP contribution in [0.5, 0.6) is 5.75 Å². The number of aryl methyl sites for hydroxylation is 1. The van der Waals surface area contributed by atoms with Crippen molar-refractivity contribution < 1.29 is 18.8 Å². The molecule has 128 valence electrons. The zero-order chi connectivity index (χ0) is 17.9. The maximum absolute atomic E-state index is 12.6. The summed E-state index contributed by atoms with van der Waals surface area (Å²) < 4.78 is 10.4. The number of hydrogen-bond acceptors (Lipinski definition) is 5. The molecule has 2 rings (SSSR count). The minimum Gasteiger partial charge on any atom is -0.495 e. The molecule has 1 aromatic heterocycles. The van der Waals surface area contributed by atoms with E-state index in [1.807, 2.05) is 13.8 Å². The normalized spacial score (nSPS) is 10.6. The Morgan fingerprint density at radius 2 is 1.96 bits per heavy atom. The Morgan fingerprint density at radius 1 is 1.25 bits per heavy atom. The molecule has 0 aliphatic rings. The zero-order valence-electron chi connectivity index (χ0n) is 14.4. The van der Waals surface area contributed by atoms with Gasteiger partial charge in [-0.25, -0.2) is 0 Å². The van der Waals surface area contributed by atoms with Gasteiger partial charge in [0.15, 0.2) is 5.76 Å². The van der Waals surface area contributed by atoms with Gasteiger partial charge < -0.3 is 19.9 Å². The van der Waals surface area contributed by atoms with Gasteiger partial charge in [0.1, 0.15) is 11.3 Å². The van der Waals surface area contributed by atoms with Gasteiger partial charge in [-0.15, -0.1) is 0 Å². The van der Waals surface area contributed by atoms with Crippen LogP contribution in [0.4, 0.5) is 11.4 Å². The largest absolute Gasteiger partial charge is 0.495 e. The molecule has 2 amide bonds. The number of nitrogens with one attached hydrogen (secondary N) is 2. The third kappa shape index (κ3) is 3.73. The highest BCUT2D eigenvalue weighted by Crippen LogP contribution is 2.29. The molecule has 0 spiro atoms. The second-order valence-electron chi connectivity index (χ2n) is 5.71. The monoisotopic (exact) mass is 331 g/mol. The number of nitrogens with zero attached hydrogens (tertiary/aromatic N) is 1. The Bertz CT molecular complexity index is 765. The second kappa shape index (κ2) is 7.16. The first-order valence-corrected chi connectivity index (χ1v) is 7.56. The van der Waals surface area contributed by atoms with E-state index >= 15 is 0 Å². The summed E-state index contributed by atoms with van der Waals surface area (Å²) in [4.78, 5) is 23.9. The summed E-state index contributed by atoms with van der Waals surface area (Å²) in [7, 11) is 1.51. The predicted octanol–water partition coefficient (Wildman–Crippen LogP) is 3.33. The molecule has 0 aliphatic heterocycles. The van der Waals surface area contributed by atoms with Gasteiger partial charge in [0.05, 0.1) is 18.5 Å². The molecule has 0 fully saturated rings. The van der Waals surface area contributed by atoms with Gasteiger partial charge in [0, 0.05) is 18.5 Å². The molecule has 7 nitrogen and oxygen atoms in total. The lowest BCUT2D eigenvalue weighted by Crippen LogP contribution is -2.15. The summed E-state index contributed by atoms with van der Waals surface area (Å²) in [6.45, 7) is 6.99. The van der Waals surface area contributed by atoms with Crippen molar-refractivity contribution in [3.8, 4) is 5.75 Å². The van der Waals surface area contributed by atoms with E-state index < -0.39 is 0 Å². The molecule has 0 bridgehead atoms. The lowest BCUT2D eigenvalue weighted by Gasteiger charge is -2.12. The first-order valence-electron chi connectivity index (χ1n) is 7.56. The lowest BCUT2D eigenvalue weighted by molar-refractivity contribution is -0.114. The molecule has 0 atom stereocenters. The number of benzene rings is 1.